The van der Waals surface area contributed by atoms with E-state index >= 15 is 0 Å². The van der Waals surface area contributed by atoms with Gasteiger partial charge in [-0.25, -0.2) is 0 Å². The molecule has 2 heterocycles. The first-order chi connectivity index (χ1) is 8.40. The molecule has 96 valence electrons. The molecule has 0 atom stereocenters. The molecule has 2 saturated heterocycles. The van der Waals surface area contributed by atoms with Crippen LogP contribution in [0.1, 0.15) is 32.1 Å². The number of rotatable bonds is 2. The standard InChI is InChI=1S/C14H25N3/c15-8-2-5-9-16-12-6-14(7-13-16)17-10-3-1-4-11-17/h14H,1,3-4,6-13,15H2. The molecule has 0 bridgehead atoms. The molecule has 0 saturated carbocycles. The summed E-state index contributed by atoms with van der Waals surface area (Å²) in [5, 5.41) is 0. The van der Waals surface area contributed by atoms with E-state index in [1.165, 1.54) is 58.3 Å². The van der Waals surface area contributed by atoms with E-state index < -0.39 is 0 Å². The molecule has 0 radical (unpaired) electrons. The summed E-state index contributed by atoms with van der Waals surface area (Å²) in [4.78, 5) is 5.18. The van der Waals surface area contributed by atoms with Gasteiger partial charge in [0.05, 0.1) is 13.1 Å². The average Bonchev–Trinajstić information content (AvgIpc) is 2.41. The molecule has 17 heavy (non-hydrogen) atoms. The molecule has 0 amide bonds. The molecule has 2 fully saturated rings. The zero-order valence-corrected chi connectivity index (χ0v) is 10.8. The summed E-state index contributed by atoms with van der Waals surface area (Å²) in [6.07, 6.45) is 6.89. The Morgan fingerprint density at radius 1 is 0.941 bits per heavy atom. The zero-order valence-electron chi connectivity index (χ0n) is 10.8. The molecule has 0 aromatic carbocycles. The monoisotopic (exact) mass is 235 g/mol. The van der Waals surface area contributed by atoms with Crippen molar-refractivity contribution in [1.29, 1.82) is 0 Å². The highest BCUT2D eigenvalue weighted by molar-refractivity contribution is 5.02. The lowest BCUT2D eigenvalue weighted by molar-refractivity contribution is 0.0981. The van der Waals surface area contributed by atoms with Crippen molar-refractivity contribution in [3.63, 3.8) is 0 Å². The number of nitrogens with zero attached hydrogens (tertiary/aromatic N) is 2. The number of piperidine rings is 2. The summed E-state index contributed by atoms with van der Waals surface area (Å²) < 4.78 is 0. The van der Waals surface area contributed by atoms with E-state index in [-0.39, 0.29) is 0 Å². The van der Waals surface area contributed by atoms with Gasteiger partial charge in [-0.1, -0.05) is 18.3 Å². The van der Waals surface area contributed by atoms with Gasteiger partial charge in [0.2, 0.25) is 0 Å². The predicted molar refractivity (Wildman–Crippen MR) is 71.7 cm³/mol. The van der Waals surface area contributed by atoms with Crippen LogP contribution in [0.4, 0.5) is 0 Å². The van der Waals surface area contributed by atoms with Crippen molar-refractivity contribution in [2.75, 3.05) is 39.3 Å². The van der Waals surface area contributed by atoms with Gasteiger partial charge in [-0.15, -0.1) is 0 Å². The Balaban J connectivity index is 1.70. The molecule has 0 aliphatic carbocycles. The van der Waals surface area contributed by atoms with Gasteiger partial charge < -0.3 is 10.6 Å². The quantitative estimate of drug-likeness (QED) is 0.722. The van der Waals surface area contributed by atoms with Crippen LogP contribution < -0.4 is 5.73 Å². The predicted octanol–water partition coefficient (Wildman–Crippen LogP) is 0.899. The highest BCUT2D eigenvalue weighted by atomic mass is 15.2. The van der Waals surface area contributed by atoms with Crippen molar-refractivity contribution in [3.8, 4) is 11.8 Å². The molecular formula is C14H25N3. The van der Waals surface area contributed by atoms with Crippen LogP contribution in [0.25, 0.3) is 0 Å². The largest absolute Gasteiger partial charge is 0.320 e. The van der Waals surface area contributed by atoms with Gasteiger partial charge in [0.15, 0.2) is 0 Å². The fourth-order valence-electron chi connectivity index (χ4n) is 2.97. The van der Waals surface area contributed by atoms with Gasteiger partial charge in [-0.2, -0.15) is 0 Å². The number of hydrogen-bond donors (Lipinski definition) is 1. The first kappa shape index (κ1) is 12.9. The molecule has 2 aliphatic rings. The molecule has 0 unspecified atom stereocenters. The third-order valence-electron chi connectivity index (χ3n) is 3.99. The highest BCUT2D eigenvalue weighted by Crippen LogP contribution is 2.20. The third-order valence-corrected chi connectivity index (χ3v) is 3.99. The summed E-state index contributed by atoms with van der Waals surface area (Å²) in [6.45, 7) is 6.48. The van der Waals surface area contributed by atoms with E-state index in [0.717, 1.165) is 12.6 Å². The normalized spacial score (nSPS) is 24.3. The first-order valence-corrected chi connectivity index (χ1v) is 7.02. The lowest BCUT2D eigenvalue weighted by Crippen LogP contribution is -2.46. The molecule has 0 aromatic heterocycles. The van der Waals surface area contributed by atoms with Crippen LogP contribution in [-0.2, 0) is 0 Å². The number of nitrogens with two attached hydrogens (primary N) is 1. The van der Waals surface area contributed by atoms with E-state index in [4.69, 9.17) is 5.73 Å². The fraction of sp³-hybridized carbons (Fsp3) is 0.857. The van der Waals surface area contributed by atoms with Crippen LogP contribution in [0, 0.1) is 11.8 Å². The molecule has 0 aromatic rings. The van der Waals surface area contributed by atoms with Gasteiger partial charge in [-0.05, 0) is 38.8 Å². The highest BCUT2D eigenvalue weighted by Gasteiger charge is 2.24. The lowest BCUT2D eigenvalue weighted by atomic mass is 10.00. The molecule has 3 heteroatoms. The molecule has 2 aliphatic heterocycles. The molecule has 3 nitrogen and oxygen atoms in total. The van der Waals surface area contributed by atoms with E-state index in [0.29, 0.717) is 6.54 Å². The van der Waals surface area contributed by atoms with Crippen LogP contribution >= 0.6 is 0 Å². The maximum Gasteiger partial charge on any atom is 0.0602 e. The van der Waals surface area contributed by atoms with Gasteiger partial charge in [0.25, 0.3) is 0 Å². The van der Waals surface area contributed by atoms with Crippen molar-refractivity contribution < 1.29 is 0 Å². The minimum absolute atomic E-state index is 0.490. The van der Waals surface area contributed by atoms with Gasteiger partial charge >= 0.3 is 0 Å². The van der Waals surface area contributed by atoms with Crippen molar-refractivity contribution in [3.05, 3.63) is 0 Å². The van der Waals surface area contributed by atoms with Crippen LogP contribution in [0.2, 0.25) is 0 Å². The van der Waals surface area contributed by atoms with Crippen molar-refractivity contribution in [1.82, 2.24) is 9.80 Å². The summed E-state index contributed by atoms with van der Waals surface area (Å²) >= 11 is 0. The Kier molecular flexibility index (Phi) is 5.31. The van der Waals surface area contributed by atoms with Crippen molar-refractivity contribution >= 4 is 0 Å². The van der Waals surface area contributed by atoms with Crippen LogP contribution in [0.15, 0.2) is 0 Å². The second-order valence-electron chi connectivity index (χ2n) is 5.16. The Morgan fingerprint density at radius 3 is 2.29 bits per heavy atom. The summed E-state index contributed by atoms with van der Waals surface area (Å²) in [5.74, 6) is 6.08. The van der Waals surface area contributed by atoms with E-state index in [9.17, 15) is 0 Å². The van der Waals surface area contributed by atoms with Crippen LogP contribution in [0.3, 0.4) is 0 Å². The minimum Gasteiger partial charge on any atom is -0.320 e. The topological polar surface area (TPSA) is 32.5 Å². The van der Waals surface area contributed by atoms with Crippen molar-refractivity contribution in [2.24, 2.45) is 5.73 Å². The third kappa shape index (κ3) is 3.99. The van der Waals surface area contributed by atoms with E-state index in [1.807, 2.05) is 0 Å². The Hall–Kier alpha value is -0.560. The lowest BCUT2D eigenvalue weighted by Gasteiger charge is -2.39. The Bertz CT molecular complexity index is 265. The van der Waals surface area contributed by atoms with Gasteiger partial charge in [-0.3, -0.25) is 4.90 Å². The van der Waals surface area contributed by atoms with Crippen LogP contribution in [0.5, 0.6) is 0 Å². The summed E-state index contributed by atoms with van der Waals surface area (Å²) in [5.41, 5.74) is 5.36. The second kappa shape index (κ2) is 7.00. The number of likely N-dealkylation sites (tertiary alicyclic amines) is 2. The SMILES string of the molecule is NCC#CCN1CCC(N2CCCCC2)CC1. The van der Waals surface area contributed by atoms with E-state index in [2.05, 4.69) is 21.6 Å². The number of hydrogen-bond acceptors (Lipinski definition) is 3. The summed E-state index contributed by atoms with van der Waals surface area (Å²) in [6, 6.07) is 0.842. The molecular weight excluding hydrogens is 210 g/mol. The minimum atomic E-state index is 0.490. The van der Waals surface area contributed by atoms with E-state index in [1.54, 1.807) is 0 Å². The maximum absolute atomic E-state index is 5.36. The van der Waals surface area contributed by atoms with Crippen LogP contribution in [-0.4, -0.2) is 55.1 Å². The molecule has 2 N–H and O–H groups in total. The Labute approximate surface area is 105 Å². The average molecular weight is 235 g/mol. The first-order valence-electron chi connectivity index (χ1n) is 7.02. The maximum atomic E-state index is 5.36. The Morgan fingerprint density at radius 2 is 1.65 bits per heavy atom. The smallest absolute Gasteiger partial charge is 0.0602 e. The summed E-state index contributed by atoms with van der Waals surface area (Å²) in [7, 11) is 0. The van der Waals surface area contributed by atoms with Gasteiger partial charge in [0.1, 0.15) is 0 Å². The zero-order chi connectivity index (χ0) is 11.9. The molecule has 0 spiro atoms. The second-order valence-corrected chi connectivity index (χ2v) is 5.16. The van der Waals surface area contributed by atoms with Crippen molar-refractivity contribution in [2.45, 2.75) is 38.1 Å². The van der Waals surface area contributed by atoms with Gasteiger partial charge in [0, 0.05) is 19.1 Å². The fourth-order valence-corrected chi connectivity index (χ4v) is 2.97. The molecule has 2 rings (SSSR count).